The van der Waals surface area contributed by atoms with Crippen molar-refractivity contribution in [3.63, 3.8) is 0 Å². The number of aliphatic hydroxyl groups is 1. The Kier molecular flexibility index (Phi) is 5.48. The predicted molar refractivity (Wildman–Crippen MR) is 49.5 cm³/mol. The fraction of sp³-hybridized carbons (Fsp3) is 1.00. The lowest BCUT2D eigenvalue weighted by Crippen LogP contribution is -2.46. The van der Waals surface area contributed by atoms with Gasteiger partial charge < -0.3 is 19.3 Å². The molecular weight excluding hydrogens is 172 g/mol. The van der Waals surface area contributed by atoms with E-state index in [1.165, 1.54) is 0 Å². The second kappa shape index (κ2) is 5.54. The van der Waals surface area contributed by atoms with E-state index in [1.807, 2.05) is 6.92 Å². The predicted octanol–water partition coefficient (Wildman–Crippen LogP) is 0.781. The van der Waals surface area contributed by atoms with Gasteiger partial charge in [-0.2, -0.15) is 0 Å². The molecule has 80 valence electrons. The SMILES string of the molecule is COC(C)C(C)(OC)OC(C)CO. The number of hydrogen-bond acceptors (Lipinski definition) is 4. The molecule has 0 aromatic carbocycles. The molecule has 0 spiro atoms. The summed E-state index contributed by atoms with van der Waals surface area (Å²) in [4.78, 5) is 0. The summed E-state index contributed by atoms with van der Waals surface area (Å²) in [6.07, 6.45) is -0.450. The van der Waals surface area contributed by atoms with Crippen LogP contribution in [0.5, 0.6) is 0 Å². The maximum Gasteiger partial charge on any atom is 0.191 e. The highest BCUT2D eigenvalue weighted by molar-refractivity contribution is 4.72. The minimum atomic E-state index is -0.809. The van der Waals surface area contributed by atoms with Crippen LogP contribution in [0, 0.1) is 0 Å². The lowest BCUT2D eigenvalue weighted by Gasteiger charge is -2.35. The Bertz CT molecular complexity index is 140. The molecule has 0 aliphatic rings. The molecule has 0 saturated heterocycles. The van der Waals surface area contributed by atoms with E-state index in [0.29, 0.717) is 0 Å². The van der Waals surface area contributed by atoms with Gasteiger partial charge in [0.2, 0.25) is 0 Å². The first kappa shape index (κ1) is 12.8. The molecule has 0 radical (unpaired) electrons. The number of aliphatic hydroxyl groups excluding tert-OH is 1. The second-order valence-corrected chi connectivity index (χ2v) is 3.21. The Balaban J connectivity index is 4.26. The van der Waals surface area contributed by atoms with E-state index in [1.54, 1.807) is 28.1 Å². The summed E-state index contributed by atoms with van der Waals surface area (Å²) in [6, 6.07) is 0. The monoisotopic (exact) mass is 192 g/mol. The van der Waals surface area contributed by atoms with Gasteiger partial charge in [-0.3, -0.25) is 0 Å². The summed E-state index contributed by atoms with van der Waals surface area (Å²) < 4.78 is 15.8. The Hall–Kier alpha value is -0.160. The number of rotatable bonds is 6. The van der Waals surface area contributed by atoms with Gasteiger partial charge in [0.05, 0.1) is 12.7 Å². The molecule has 0 amide bonds. The standard InChI is InChI=1S/C9H20O4/c1-7(6-10)13-9(3,12-5)8(2)11-4/h7-8,10H,6H2,1-5H3. The van der Waals surface area contributed by atoms with Crippen LogP contribution in [-0.2, 0) is 14.2 Å². The van der Waals surface area contributed by atoms with Gasteiger partial charge in [0.15, 0.2) is 5.79 Å². The molecule has 1 N–H and O–H groups in total. The first-order valence-electron chi connectivity index (χ1n) is 4.36. The molecule has 0 bridgehead atoms. The molecule has 0 aliphatic carbocycles. The van der Waals surface area contributed by atoms with Crippen LogP contribution >= 0.6 is 0 Å². The molecule has 0 aliphatic heterocycles. The third-order valence-corrected chi connectivity index (χ3v) is 2.19. The largest absolute Gasteiger partial charge is 0.394 e. The molecule has 0 rings (SSSR count). The van der Waals surface area contributed by atoms with Gasteiger partial charge in [0.25, 0.3) is 0 Å². The lowest BCUT2D eigenvalue weighted by molar-refractivity contribution is -0.281. The van der Waals surface area contributed by atoms with E-state index in [-0.39, 0.29) is 18.8 Å². The van der Waals surface area contributed by atoms with Gasteiger partial charge in [-0.25, -0.2) is 0 Å². The van der Waals surface area contributed by atoms with Crippen molar-refractivity contribution in [2.75, 3.05) is 20.8 Å². The minimum absolute atomic E-state index is 0.0324. The van der Waals surface area contributed by atoms with Gasteiger partial charge in [-0.05, 0) is 20.8 Å². The number of hydrogen-bond donors (Lipinski definition) is 1. The quantitative estimate of drug-likeness (QED) is 0.632. The molecule has 0 aromatic rings. The molecule has 0 fully saturated rings. The summed E-state index contributed by atoms with van der Waals surface area (Å²) in [5.41, 5.74) is 0. The number of methoxy groups -OCH3 is 2. The zero-order valence-electron chi connectivity index (χ0n) is 9.03. The molecular formula is C9H20O4. The maximum atomic E-state index is 8.83. The van der Waals surface area contributed by atoms with Crippen LogP contribution in [0.15, 0.2) is 0 Å². The fourth-order valence-electron chi connectivity index (χ4n) is 0.961. The Morgan fingerprint density at radius 3 is 2.15 bits per heavy atom. The third kappa shape index (κ3) is 3.60. The minimum Gasteiger partial charge on any atom is -0.394 e. The Labute approximate surface area is 79.8 Å². The van der Waals surface area contributed by atoms with Gasteiger partial charge in [-0.15, -0.1) is 0 Å². The van der Waals surface area contributed by atoms with E-state index < -0.39 is 5.79 Å². The van der Waals surface area contributed by atoms with Crippen LogP contribution in [0.2, 0.25) is 0 Å². The Morgan fingerprint density at radius 2 is 1.85 bits per heavy atom. The molecule has 3 unspecified atom stereocenters. The van der Waals surface area contributed by atoms with Crippen molar-refractivity contribution in [1.29, 1.82) is 0 Å². The van der Waals surface area contributed by atoms with Crippen molar-refractivity contribution in [1.82, 2.24) is 0 Å². The second-order valence-electron chi connectivity index (χ2n) is 3.21. The third-order valence-electron chi connectivity index (χ3n) is 2.19. The zero-order chi connectivity index (χ0) is 10.5. The highest BCUT2D eigenvalue weighted by Crippen LogP contribution is 2.20. The molecule has 0 aromatic heterocycles. The molecule has 0 heterocycles. The van der Waals surface area contributed by atoms with Crippen LogP contribution in [0.4, 0.5) is 0 Å². The average molecular weight is 192 g/mol. The van der Waals surface area contributed by atoms with Crippen molar-refractivity contribution >= 4 is 0 Å². The summed E-state index contributed by atoms with van der Waals surface area (Å²) in [5.74, 6) is -0.809. The van der Waals surface area contributed by atoms with Crippen LogP contribution in [0.1, 0.15) is 20.8 Å². The van der Waals surface area contributed by atoms with Crippen LogP contribution in [0.25, 0.3) is 0 Å². The summed E-state index contributed by atoms with van der Waals surface area (Å²) in [7, 11) is 3.15. The topological polar surface area (TPSA) is 47.9 Å². The fourth-order valence-corrected chi connectivity index (χ4v) is 0.961. The van der Waals surface area contributed by atoms with Crippen molar-refractivity contribution in [2.45, 2.75) is 38.8 Å². The lowest BCUT2D eigenvalue weighted by atomic mass is 10.2. The highest BCUT2D eigenvalue weighted by atomic mass is 16.7. The highest BCUT2D eigenvalue weighted by Gasteiger charge is 2.33. The van der Waals surface area contributed by atoms with E-state index in [9.17, 15) is 0 Å². The first-order valence-corrected chi connectivity index (χ1v) is 4.36. The molecule has 13 heavy (non-hydrogen) atoms. The van der Waals surface area contributed by atoms with Crippen LogP contribution in [-0.4, -0.2) is 43.9 Å². The number of ether oxygens (including phenoxy) is 3. The van der Waals surface area contributed by atoms with Crippen LogP contribution in [0.3, 0.4) is 0 Å². The van der Waals surface area contributed by atoms with Gasteiger partial charge >= 0.3 is 0 Å². The van der Waals surface area contributed by atoms with E-state index in [0.717, 1.165) is 0 Å². The molecule has 0 saturated carbocycles. The van der Waals surface area contributed by atoms with E-state index in [2.05, 4.69) is 0 Å². The normalized spacial score (nSPS) is 20.8. The van der Waals surface area contributed by atoms with Crippen molar-refractivity contribution < 1.29 is 19.3 Å². The molecule has 4 heteroatoms. The summed E-state index contributed by atoms with van der Waals surface area (Å²) in [5, 5.41) is 8.83. The molecule has 3 atom stereocenters. The van der Waals surface area contributed by atoms with Crippen molar-refractivity contribution in [3.05, 3.63) is 0 Å². The maximum absolute atomic E-state index is 8.83. The van der Waals surface area contributed by atoms with Gasteiger partial charge in [-0.1, -0.05) is 0 Å². The van der Waals surface area contributed by atoms with Gasteiger partial charge in [0.1, 0.15) is 6.10 Å². The summed E-state index contributed by atoms with van der Waals surface area (Å²) in [6.45, 7) is 5.38. The van der Waals surface area contributed by atoms with Crippen molar-refractivity contribution in [2.24, 2.45) is 0 Å². The Morgan fingerprint density at radius 1 is 1.31 bits per heavy atom. The summed E-state index contributed by atoms with van der Waals surface area (Å²) >= 11 is 0. The van der Waals surface area contributed by atoms with E-state index >= 15 is 0 Å². The first-order chi connectivity index (χ1) is 6.00. The van der Waals surface area contributed by atoms with E-state index in [4.69, 9.17) is 19.3 Å². The zero-order valence-corrected chi connectivity index (χ0v) is 9.03. The van der Waals surface area contributed by atoms with Crippen molar-refractivity contribution in [3.8, 4) is 0 Å². The average Bonchev–Trinajstić information content (AvgIpc) is 2.15. The molecule has 4 nitrogen and oxygen atoms in total. The van der Waals surface area contributed by atoms with Gasteiger partial charge in [0, 0.05) is 14.2 Å². The smallest absolute Gasteiger partial charge is 0.191 e. The van der Waals surface area contributed by atoms with Crippen LogP contribution < -0.4 is 0 Å².